The molecule has 0 radical (unpaired) electrons. The van der Waals surface area contributed by atoms with Gasteiger partial charge in [-0.25, -0.2) is 0 Å². The second-order valence-electron chi connectivity index (χ2n) is 6.24. The SMILES string of the molecule is Cc1cccc(OCCC(=O)NC(c2ccccc2)c2ccccc2)c1. The molecule has 0 aliphatic heterocycles. The third-order valence-electron chi connectivity index (χ3n) is 4.16. The lowest BCUT2D eigenvalue weighted by Gasteiger charge is -2.20. The van der Waals surface area contributed by atoms with Crippen LogP contribution >= 0.6 is 0 Å². The van der Waals surface area contributed by atoms with Crippen LogP contribution in [0.3, 0.4) is 0 Å². The molecular formula is C23H23NO2. The van der Waals surface area contributed by atoms with Crippen molar-refractivity contribution >= 4 is 5.91 Å². The average Bonchev–Trinajstić information content (AvgIpc) is 2.67. The highest BCUT2D eigenvalue weighted by Gasteiger charge is 2.16. The van der Waals surface area contributed by atoms with Crippen LogP contribution in [0, 0.1) is 6.92 Å². The Labute approximate surface area is 154 Å². The fourth-order valence-electron chi connectivity index (χ4n) is 2.85. The topological polar surface area (TPSA) is 38.3 Å². The van der Waals surface area contributed by atoms with Crippen LogP contribution in [0.5, 0.6) is 5.75 Å². The molecule has 3 rings (SSSR count). The molecule has 0 saturated carbocycles. The molecule has 3 heteroatoms. The van der Waals surface area contributed by atoms with Gasteiger partial charge in [-0.3, -0.25) is 4.79 Å². The highest BCUT2D eigenvalue weighted by molar-refractivity contribution is 5.77. The van der Waals surface area contributed by atoms with E-state index >= 15 is 0 Å². The number of carbonyl (C=O) groups excluding carboxylic acids is 1. The monoisotopic (exact) mass is 345 g/mol. The molecule has 0 heterocycles. The van der Waals surface area contributed by atoms with Crippen molar-refractivity contribution in [3.63, 3.8) is 0 Å². The van der Waals surface area contributed by atoms with Crippen molar-refractivity contribution in [2.45, 2.75) is 19.4 Å². The molecule has 26 heavy (non-hydrogen) atoms. The maximum absolute atomic E-state index is 12.5. The minimum atomic E-state index is -0.163. The van der Waals surface area contributed by atoms with E-state index in [0.29, 0.717) is 13.0 Å². The quantitative estimate of drug-likeness (QED) is 0.676. The van der Waals surface area contributed by atoms with Crippen LogP contribution in [0.25, 0.3) is 0 Å². The third kappa shape index (κ3) is 4.96. The second-order valence-corrected chi connectivity index (χ2v) is 6.24. The lowest BCUT2D eigenvalue weighted by Crippen LogP contribution is -2.30. The number of aryl methyl sites for hydroxylation is 1. The van der Waals surface area contributed by atoms with Gasteiger partial charge in [-0.1, -0.05) is 72.8 Å². The van der Waals surface area contributed by atoms with E-state index < -0.39 is 0 Å². The molecule has 1 N–H and O–H groups in total. The molecule has 0 aromatic heterocycles. The summed E-state index contributed by atoms with van der Waals surface area (Å²) in [6.07, 6.45) is 0.310. The number of nitrogens with one attached hydrogen (secondary N) is 1. The fraction of sp³-hybridized carbons (Fsp3) is 0.174. The van der Waals surface area contributed by atoms with Gasteiger partial charge < -0.3 is 10.1 Å². The van der Waals surface area contributed by atoms with E-state index in [4.69, 9.17) is 4.74 Å². The molecular weight excluding hydrogens is 322 g/mol. The van der Waals surface area contributed by atoms with Crippen LogP contribution < -0.4 is 10.1 Å². The Bertz CT molecular complexity index is 792. The standard InChI is InChI=1S/C23H23NO2/c1-18-9-8-14-21(17-18)26-16-15-22(25)24-23(19-10-4-2-5-11-19)20-12-6-3-7-13-20/h2-14,17,23H,15-16H2,1H3,(H,24,25). The zero-order valence-electron chi connectivity index (χ0n) is 14.9. The van der Waals surface area contributed by atoms with Gasteiger partial charge in [-0.2, -0.15) is 0 Å². The summed E-state index contributed by atoms with van der Waals surface area (Å²) in [5, 5.41) is 3.13. The predicted molar refractivity (Wildman–Crippen MR) is 104 cm³/mol. The number of ether oxygens (including phenoxy) is 1. The van der Waals surface area contributed by atoms with Crippen molar-refractivity contribution in [2.75, 3.05) is 6.61 Å². The van der Waals surface area contributed by atoms with Crippen LogP contribution in [-0.2, 0) is 4.79 Å². The zero-order valence-corrected chi connectivity index (χ0v) is 14.9. The first-order valence-electron chi connectivity index (χ1n) is 8.81. The summed E-state index contributed by atoms with van der Waals surface area (Å²) in [5.41, 5.74) is 3.26. The summed E-state index contributed by atoms with van der Waals surface area (Å²) in [6.45, 7) is 2.37. The Balaban J connectivity index is 1.62. The van der Waals surface area contributed by atoms with Gasteiger partial charge in [0.15, 0.2) is 0 Å². The summed E-state index contributed by atoms with van der Waals surface area (Å²) in [7, 11) is 0. The summed E-state index contributed by atoms with van der Waals surface area (Å²) in [4.78, 5) is 12.5. The van der Waals surface area contributed by atoms with E-state index in [1.165, 1.54) is 0 Å². The first-order valence-corrected chi connectivity index (χ1v) is 8.81. The van der Waals surface area contributed by atoms with Crippen LogP contribution in [0.15, 0.2) is 84.9 Å². The number of amides is 1. The Kier molecular flexibility index (Phi) is 6.05. The lowest BCUT2D eigenvalue weighted by atomic mass is 9.98. The van der Waals surface area contributed by atoms with Crippen molar-refractivity contribution in [1.29, 1.82) is 0 Å². The number of benzene rings is 3. The van der Waals surface area contributed by atoms with Gasteiger partial charge in [0.1, 0.15) is 5.75 Å². The van der Waals surface area contributed by atoms with Gasteiger partial charge in [0.05, 0.1) is 19.1 Å². The number of hydrogen-bond donors (Lipinski definition) is 1. The van der Waals surface area contributed by atoms with E-state index in [9.17, 15) is 4.79 Å². The van der Waals surface area contributed by atoms with Crippen molar-refractivity contribution in [3.05, 3.63) is 102 Å². The van der Waals surface area contributed by atoms with Gasteiger partial charge in [-0.15, -0.1) is 0 Å². The van der Waals surface area contributed by atoms with Crippen LogP contribution in [0.4, 0.5) is 0 Å². The van der Waals surface area contributed by atoms with Gasteiger partial charge in [0.25, 0.3) is 0 Å². The molecule has 3 aromatic carbocycles. The molecule has 3 nitrogen and oxygen atoms in total. The molecule has 0 bridgehead atoms. The van der Waals surface area contributed by atoms with E-state index in [1.54, 1.807) is 0 Å². The van der Waals surface area contributed by atoms with Gasteiger partial charge in [0.2, 0.25) is 5.91 Å². The molecule has 0 aliphatic rings. The molecule has 0 fully saturated rings. The minimum Gasteiger partial charge on any atom is -0.493 e. The maximum atomic E-state index is 12.5. The molecule has 0 aliphatic carbocycles. The van der Waals surface area contributed by atoms with E-state index in [-0.39, 0.29) is 11.9 Å². The van der Waals surface area contributed by atoms with Gasteiger partial charge in [0, 0.05) is 0 Å². The Hall–Kier alpha value is -3.07. The highest BCUT2D eigenvalue weighted by Crippen LogP contribution is 2.22. The summed E-state index contributed by atoms with van der Waals surface area (Å²) >= 11 is 0. The smallest absolute Gasteiger partial charge is 0.224 e. The molecule has 3 aromatic rings. The molecule has 0 unspecified atom stereocenters. The Morgan fingerprint density at radius 2 is 1.50 bits per heavy atom. The second kappa shape index (κ2) is 8.86. The first-order chi connectivity index (χ1) is 12.7. The Morgan fingerprint density at radius 1 is 0.885 bits per heavy atom. The van der Waals surface area contributed by atoms with E-state index in [1.807, 2.05) is 91.9 Å². The first kappa shape index (κ1) is 17.7. The normalized spacial score (nSPS) is 10.5. The van der Waals surface area contributed by atoms with Crippen LogP contribution in [0.2, 0.25) is 0 Å². The largest absolute Gasteiger partial charge is 0.493 e. The number of carbonyl (C=O) groups is 1. The maximum Gasteiger partial charge on any atom is 0.224 e. The fourth-order valence-corrected chi connectivity index (χ4v) is 2.85. The number of rotatable bonds is 7. The van der Waals surface area contributed by atoms with Gasteiger partial charge >= 0.3 is 0 Å². The van der Waals surface area contributed by atoms with Crippen molar-refractivity contribution in [3.8, 4) is 5.75 Å². The predicted octanol–water partition coefficient (Wildman–Crippen LogP) is 4.67. The van der Waals surface area contributed by atoms with Crippen molar-refractivity contribution in [1.82, 2.24) is 5.32 Å². The summed E-state index contributed by atoms with van der Waals surface area (Å²) in [6, 6.07) is 27.7. The molecule has 132 valence electrons. The highest BCUT2D eigenvalue weighted by atomic mass is 16.5. The third-order valence-corrected chi connectivity index (χ3v) is 4.16. The molecule has 1 amide bonds. The Morgan fingerprint density at radius 3 is 2.08 bits per heavy atom. The van der Waals surface area contributed by atoms with Crippen molar-refractivity contribution in [2.24, 2.45) is 0 Å². The van der Waals surface area contributed by atoms with Crippen LogP contribution in [-0.4, -0.2) is 12.5 Å². The number of hydrogen-bond acceptors (Lipinski definition) is 2. The van der Waals surface area contributed by atoms with E-state index in [0.717, 1.165) is 22.4 Å². The summed E-state index contributed by atoms with van der Waals surface area (Å²) < 4.78 is 5.69. The minimum absolute atomic E-state index is 0.0321. The molecule has 0 atom stereocenters. The zero-order chi connectivity index (χ0) is 18.2. The molecule has 0 spiro atoms. The summed E-state index contributed by atoms with van der Waals surface area (Å²) in [5.74, 6) is 0.760. The van der Waals surface area contributed by atoms with E-state index in [2.05, 4.69) is 5.32 Å². The van der Waals surface area contributed by atoms with Gasteiger partial charge in [-0.05, 0) is 35.7 Å². The lowest BCUT2D eigenvalue weighted by molar-refractivity contribution is -0.122. The van der Waals surface area contributed by atoms with Crippen molar-refractivity contribution < 1.29 is 9.53 Å². The molecule has 0 saturated heterocycles. The average molecular weight is 345 g/mol. The van der Waals surface area contributed by atoms with Crippen LogP contribution in [0.1, 0.15) is 29.2 Å².